The number of benzene rings is 12. The average Bonchev–Trinajstić information content (AvgIpc) is 0.851. The molecule has 0 aliphatic carbocycles. The average molecular weight is 1610 g/mol. The summed E-state index contributed by atoms with van der Waals surface area (Å²) < 4.78 is 0. The number of hydrogen-bond donors (Lipinski definition) is 0. The van der Waals surface area contributed by atoms with E-state index in [0.29, 0.717) is 0 Å². The van der Waals surface area contributed by atoms with Crippen molar-refractivity contribution >= 4 is 72.9 Å². The van der Waals surface area contributed by atoms with Crippen LogP contribution in [0.15, 0.2) is 206 Å². The number of hydrogen-bond acceptors (Lipinski definition) is 0. The first-order valence-corrected chi connectivity index (χ1v) is 45.4. The van der Waals surface area contributed by atoms with Gasteiger partial charge in [0, 0.05) is 0 Å². The maximum Gasteiger partial charge on any atom is -0.0221 e. The van der Waals surface area contributed by atoms with Gasteiger partial charge in [-0.1, -0.05) is 366 Å². The van der Waals surface area contributed by atoms with Gasteiger partial charge in [0.15, 0.2) is 0 Å². The van der Waals surface area contributed by atoms with Crippen LogP contribution in [-0.4, -0.2) is 0 Å². The van der Waals surface area contributed by atoms with Crippen molar-refractivity contribution in [1.29, 1.82) is 0 Å². The number of unbranched alkanes of at least 4 members (excludes halogenated alkanes) is 4. The molecule has 12 rings (SSSR count). The smallest absolute Gasteiger partial charge is 0.0221 e. The van der Waals surface area contributed by atoms with E-state index in [9.17, 15) is 0 Å². The van der Waals surface area contributed by atoms with E-state index in [1.54, 1.807) is 0 Å². The summed E-state index contributed by atoms with van der Waals surface area (Å²) in [5, 5.41) is 0. The van der Waals surface area contributed by atoms with E-state index in [-0.39, 0.29) is 0 Å². The Morgan fingerprint density at radius 2 is 0.369 bits per heavy atom. The molecule has 0 amide bonds. The second-order valence-corrected chi connectivity index (χ2v) is 34.9. The van der Waals surface area contributed by atoms with Crippen molar-refractivity contribution in [3.05, 3.63) is 418 Å². The van der Waals surface area contributed by atoms with Crippen molar-refractivity contribution in [2.24, 2.45) is 0 Å². The molecule has 0 aliphatic rings. The van der Waals surface area contributed by atoms with Crippen LogP contribution in [0.3, 0.4) is 0 Å². The first-order valence-electron chi connectivity index (χ1n) is 45.4. The molecule has 0 fully saturated rings. The van der Waals surface area contributed by atoms with E-state index in [1.807, 2.05) is 0 Å². The van der Waals surface area contributed by atoms with Gasteiger partial charge in [0.1, 0.15) is 0 Å². The zero-order valence-electron chi connectivity index (χ0n) is 80.0. The number of rotatable bonds is 24. The Morgan fingerprint density at radius 3 is 0.680 bits per heavy atom. The lowest BCUT2D eigenvalue weighted by Crippen LogP contribution is -1.95. The van der Waals surface area contributed by atoms with Crippen LogP contribution >= 0.6 is 0 Å². The largest absolute Gasteiger partial charge is 0.0654 e. The molecular formula is C122H148. The first-order chi connectivity index (χ1) is 58.3. The monoisotopic (exact) mass is 1610 g/mol. The first kappa shape index (κ1) is 98.2. The van der Waals surface area contributed by atoms with E-state index in [0.717, 1.165) is 0 Å². The minimum absolute atomic E-state index is 1.17. The highest BCUT2D eigenvalue weighted by Crippen LogP contribution is 2.29. The highest BCUT2D eigenvalue weighted by atomic mass is 14.2. The van der Waals surface area contributed by atoms with Gasteiger partial charge < -0.3 is 0 Å². The molecular weight excluding hydrogens is 1470 g/mol. The second-order valence-electron chi connectivity index (χ2n) is 34.9. The molecule has 122 heavy (non-hydrogen) atoms. The topological polar surface area (TPSA) is 0 Å². The molecule has 0 bridgehead atoms. The summed E-state index contributed by atoms with van der Waals surface area (Å²) in [6, 6.07) is 75.7. The summed E-state index contributed by atoms with van der Waals surface area (Å²) in [6.07, 6.45) is 41.5. The van der Waals surface area contributed by atoms with E-state index < -0.39 is 0 Å². The maximum absolute atomic E-state index is 2.39. The summed E-state index contributed by atoms with van der Waals surface area (Å²) in [4.78, 5) is 0. The van der Waals surface area contributed by atoms with Crippen LogP contribution in [0.25, 0.3) is 72.9 Å². The molecule has 0 heterocycles. The molecule has 12 aromatic rings. The highest BCUT2D eigenvalue weighted by molar-refractivity contribution is 5.78. The van der Waals surface area contributed by atoms with E-state index in [2.05, 4.69) is 459 Å². The van der Waals surface area contributed by atoms with E-state index in [4.69, 9.17) is 0 Å². The van der Waals surface area contributed by atoms with Gasteiger partial charge >= 0.3 is 0 Å². The molecule has 0 unspecified atom stereocenters. The van der Waals surface area contributed by atoms with Gasteiger partial charge in [-0.25, -0.2) is 0 Å². The van der Waals surface area contributed by atoms with Crippen LogP contribution in [0.4, 0.5) is 0 Å². The molecule has 0 atom stereocenters. The Hall–Kier alpha value is -10.9. The minimum Gasteiger partial charge on any atom is -0.0654 e. The normalized spacial score (nSPS) is 11.2. The van der Waals surface area contributed by atoms with Crippen molar-refractivity contribution in [3.63, 3.8) is 0 Å². The van der Waals surface area contributed by atoms with Crippen molar-refractivity contribution in [1.82, 2.24) is 0 Å². The fraction of sp³-hybridized carbons (Fsp3) is 0.311. The Kier molecular flexibility index (Phi) is 40.6. The third kappa shape index (κ3) is 32.8. The molecule has 0 heteroatoms. The SMILES string of the molecule is CCCCc1cc(C)c(C)cc1/C=C/c1cc(C)c(C)cc1CCCC.CCCCc1cc(C)ccc1/C=C/c1ccc(C)cc1CCCC.Cc1cc(C)c(/C=C/c2cc(C)c(C)cc2C)cc1C.Cc1ccc(/C=C/c2ccc(C)c(C)c2)cc1C.Cc1ccc(/C=C/c2ccc(C)cc2)cc1.Cc1ccc(/C=C/c2ccc(C)cc2C)c(C)c1. The van der Waals surface area contributed by atoms with Crippen LogP contribution < -0.4 is 0 Å². The molecule has 0 aromatic heterocycles. The lowest BCUT2D eigenvalue weighted by molar-refractivity contribution is 0.792. The fourth-order valence-corrected chi connectivity index (χ4v) is 14.8. The Balaban J connectivity index is 0.000000203. The van der Waals surface area contributed by atoms with Crippen molar-refractivity contribution in [3.8, 4) is 0 Å². The van der Waals surface area contributed by atoms with E-state index >= 15 is 0 Å². The Morgan fingerprint density at radius 1 is 0.148 bits per heavy atom. The summed E-state index contributed by atoms with van der Waals surface area (Å²) >= 11 is 0. The summed E-state index contributed by atoms with van der Waals surface area (Å²) in [6.45, 7) is 56.8. The second kappa shape index (κ2) is 50.5. The third-order valence-corrected chi connectivity index (χ3v) is 23.8. The van der Waals surface area contributed by atoms with Crippen LogP contribution in [0.2, 0.25) is 0 Å². The molecule has 0 N–H and O–H groups in total. The maximum atomic E-state index is 2.39. The van der Waals surface area contributed by atoms with Gasteiger partial charge in [-0.15, -0.1) is 0 Å². The highest BCUT2D eigenvalue weighted by Gasteiger charge is 2.10. The van der Waals surface area contributed by atoms with Crippen LogP contribution in [0.5, 0.6) is 0 Å². The third-order valence-electron chi connectivity index (χ3n) is 23.8. The summed E-state index contributed by atoms with van der Waals surface area (Å²) in [5.74, 6) is 0. The predicted octanol–water partition coefficient (Wildman–Crippen LogP) is 35.3. The predicted molar refractivity (Wildman–Crippen MR) is 550 cm³/mol. The Labute approximate surface area is 742 Å². The van der Waals surface area contributed by atoms with Crippen LogP contribution in [0, 0.1) is 152 Å². The summed E-state index contributed by atoms with van der Waals surface area (Å²) in [5.41, 5.74) is 51.4. The lowest BCUT2D eigenvalue weighted by atomic mass is 9.93. The molecule has 0 saturated heterocycles. The quantitative estimate of drug-likeness (QED) is 0.0529. The van der Waals surface area contributed by atoms with Crippen molar-refractivity contribution < 1.29 is 0 Å². The molecule has 0 nitrogen and oxygen atoms in total. The van der Waals surface area contributed by atoms with Crippen LogP contribution in [-0.2, 0) is 25.7 Å². The minimum atomic E-state index is 1.17. The zero-order chi connectivity index (χ0) is 89.0. The van der Waals surface area contributed by atoms with E-state index in [1.165, 1.54) is 288 Å². The van der Waals surface area contributed by atoms with Crippen molar-refractivity contribution in [2.75, 3.05) is 0 Å². The Bertz CT molecular complexity index is 5200. The zero-order valence-corrected chi connectivity index (χ0v) is 80.0. The van der Waals surface area contributed by atoms with Gasteiger partial charge in [0.25, 0.3) is 0 Å². The van der Waals surface area contributed by atoms with Crippen LogP contribution in [0.1, 0.15) is 290 Å². The lowest BCUT2D eigenvalue weighted by Gasteiger charge is -2.12. The molecule has 636 valence electrons. The number of aryl methyl sites for hydroxylation is 26. The van der Waals surface area contributed by atoms with Gasteiger partial charge in [0.2, 0.25) is 0 Å². The van der Waals surface area contributed by atoms with Crippen molar-refractivity contribution in [2.45, 2.75) is 257 Å². The molecule has 0 aliphatic heterocycles. The summed E-state index contributed by atoms with van der Waals surface area (Å²) in [7, 11) is 0. The molecule has 0 spiro atoms. The van der Waals surface area contributed by atoms with Gasteiger partial charge in [0.05, 0.1) is 0 Å². The van der Waals surface area contributed by atoms with Gasteiger partial charge in [-0.3, -0.25) is 0 Å². The van der Waals surface area contributed by atoms with Gasteiger partial charge in [-0.2, -0.15) is 0 Å². The molecule has 12 aromatic carbocycles. The standard InChI is InChI=1S/C26H36.C24H32.C20H24.2C18H20.C16H16/c1-7-9-11-23-15-19(3)21(5)17-25(23)13-14-26-18-22(6)20(4)16-24(26)12-10-8-2;1-5-7-9-23-17-19(3)11-13-21(23)15-16-22-14-12-20(4)18-24(22)10-8-6-2;1-13-9-17(5)19(11-15(13)3)7-8-20-12-16(4)14(2)10-18(20)6;1-13-5-7-17(11-15(13)3)9-10-18-8-6-14(2)16(4)12-18;1-13-5-7-17(15(3)11-13)9-10-18-8-6-14(2)12-16(18)4;1-13-3-7-15(8-4-13)11-12-16-9-5-14(2)6-10-16/h13-18H,7-12H2,1-6H3;11-18H,5-10H2,1-4H3;7-12H,1-6H3;2*5-12H,1-4H3;3-12H,1-2H3/b14-13+;16-15+;8-7+;2*10-9+;12-11+. The molecule has 0 saturated carbocycles. The fourth-order valence-electron chi connectivity index (χ4n) is 14.8. The molecule has 0 radical (unpaired) electrons. The van der Waals surface area contributed by atoms with Gasteiger partial charge in [-0.05, 0) is 382 Å².